The Labute approximate surface area is 113 Å². The maximum Gasteiger partial charge on any atom is 0.250 e. The van der Waals surface area contributed by atoms with E-state index in [1.165, 1.54) is 6.20 Å². The predicted octanol–water partition coefficient (Wildman–Crippen LogP) is 2.38. The van der Waals surface area contributed by atoms with Gasteiger partial charge in [-0.1, -0.05) is 11.6 Å². The minimum Gasteiger partial charge on any atom is -0.366 e. The van der Waals surface area contributed by atoms with Crippen LogP contribution in [-0.4, -0.2) is 20.9 Å². The third kappa shape index (κ3) is 2.04. The minimum atomic E-state index is -0.498. The number of nitrogens with two attached hydrogens (primary N) is 1. The lowest BCUT2D eigenvalue weighted by molar-refractivity contribution is 0.1000. The van der Waals surface area contributed by atoms with Crippen LogP contribution in [0.15, 0.2) is 36.8 Å². The van der Waals surface area contributed by atoms with Gasteiger partial charge in [0.15, 0.2) is 0 Å². The molecule has 0 saturated carbocycles. The molecule has 0 bridgehead atoms. The summed E-state index contributed by atoms with van der Waals surface area (Å²) in [7, 11) is 0. The molecule has 3 N–H and O–H groups in total. The second-order valence-electron chi connectivity index (χ2n) is 4.05. The van der Waals surface area contributed by atoms with Crippen LogP contribution < -0.4 is 5.73 Å². The molecule has 6 heteroatoms. The SMILES string of the molecule is NC(=O)c1ccc(-c2c[nH]c3ncc(Cl)cc23)nc1. The monoisotopic (exact) mass is 272 g/mol. The molecule has 19 heavy (non-hydrogen) atoms. The van der Waals surface area contributed by atoms with Crippen LogP contribution in [0, 0.1) is 0 Å². The lowest BCUT2D eigenvalue weighted by Crippen LogP contribution is -2.10. The number of rotatable bonds is 2. The molecule has 3 rings (SSSR count). The van der Waals surface area contributed by atoms with E-state index in [1.54, 1.807) is 24.5 Å². The fourth-order valence-corrected chi connectivity index (χ4v) is 2.05. The number of carbonyl (C=O) groups is 1. The Hall–Kier alpha value is -2.40. The van der Waals surface area contributed by atoms with E-state index in [2.05, 4.69) is 15.0 Å². The summed E-state index contributed by atoms with van der Waals surface area (Å²) < 4.78 is 0. The Bertz CT molecular complexity index is 764. The average Bonchev–Trinajstić information content (AvgIpc) is 2.81. The first-order valence-electron chi connectivity index (χ1n) is 5.54. The van der Waals surface area contributed by atoms with Gasteiger partial charge in [0.1, 0.15) is 5.65 Å². The molecule has 0 fully saturated rings. The number of H-pyrrole nitrogens is 1. The number of pyridine rings is 2. The smallest absolute Gasteiger partial charge is 0.250 e. The summed E-state index contributed by atoms with van der Waals surface area (Å²) in [5, 5.41) is 1.44. The highest BCUT2D eigenvalue weighted by atomic mass is 35.5. The molecule has 0 radical (unpaired) electrons. The first-order chi connectivity index (χ1) is 9.15. The number of nitrogens with one attached hydrogen (secondary N) is 1. The molecule has 0 atom stereocenters. The highest BCUT2D eigenvalue weighted by Gasteiger charge is 2.09. The standard InChI is InChI=1S/C13H9ClN4O/c14-8-3-9-10(6-18-13(9)17-5-8)11-2-1-7(4-16-11)12(15)19/h1-6H,(H2,15,19)(H,17,18). The second kappa shape index (κ2) is 4.37. The molecule has 5 nitrogen and oxygen atoms in total. The van der Waals surface area contributed by atoms with E-state index in [1.807, 2.05) is 6.07 Å². The summed E-state index contributed by atoms with van der Waals surface area (Å²) in [6, 6.07) is 5.20. The fourth-order valence-electron chi connectivity index (χ4n) is 1.89. The van der Waals surface area contributed by atoms with Gasteiger partial charge in [-0.3, -0.25) is 9.78 Å². The van der Waals surface area contributed by atoms with E-state index in [0.717, 1.165) is 22.3 Å². The molecule has 0 aromatic carbocycles. The summed E-state index contributed by atoms with van der Waals surface area (Å²) in [4.78, 5) is 22.5. The van der Waals surface area contributed by atoms with Gasteiger partial charge in [-0.15, -0.1) is 0 Å². The van der Waals surface area contributed by atoms with Crippen molar-refractivity contribution in [2.45, 2.75) is 0 Å². The zero-order chi connectivity index (χ0) is 13.4. The molecule has 0 saturated heterocycles. The van der Waals surface area contributed by atoms with Crippen LogP contribution >= 0.6 is 11.6 Å². The normalized spacial score (nSPS) is 10.8. The number of halogens is 1. The molecule has 3 aromatic heterocycles. The summed E-state index contributed by atoms with van der Waals surface area (Å²) >= 11 is 5.94. The Morgan fingerprint density at radius 1 is 1.26 bits per heavy atom. The summed E-state index contributed by atoms with van der Waals surface area (Å²) in [6.07, 6.45) is 4.84. The maximum atomic E-state index is 11.0. The lowest BCUT2D eigenvalue weighted by Gasteiger charge is -2.00. The number of hydrogen-bond donors (Lipinski definition) is 2. The predicted molar refractivity (Wildman–Crippen MR) is 72.9 cm³/mol. The third-order valence-corrected chi connectivity index (χ3v) is 3.03. The van der Waals surface area contributed by atoms with Gasteiger partial charge in [-0.2, -0.15) is 0 Å². The van der Waals surface area contributed by atoms with Gasteiger partial charge in [0.05, 0.1) is 16.3 Å². The number of carbonyl (C=O) groups excluding carboxylic acids is 1. The van der Waals surface area contributed by atoms with Crippen molar-refractivity contribution in [1.29, 1.82) is 0 Å². The molecular weight excluding hydrogens is 264 g/mol. The van der Waals surface area contributed by atoms with E-state index < -0.39 is 5.91 Å². The molecule has 3 heterocycles. The number of hydrogen-bond acceptors (Lipinski definition) is 3. The zero-order valence-electron chi connectivity index (χ0n) is 9.72. The number of primary amides is 1. The highest BCUT2D eigenvalue weighted by molar-refractivity contribution is 6.31. The minimum absolute atomic E-state index is 0.375. The van der Waals surface area contributed by atoms with Crippen molar-refractivity contribution in [2.75, 3.05) is 0 Å². The van der Waals surface area contributed by atoms with Crippen LogP contribution in [0.4, 0.5) is 0 Å². The van der Waals surface area contributed by atoms with Crippen LogP contribution in [0.5, 0.6) is 0 Å². The number of fused-ring (bicyclic) bond motifs is 1. The van der Waals surface area contributed by atoms with Crippen molar-refractivity contribution in [1.82, 2.24) is 15.0 Å². The van der Waals surface area contributed by atoms with Crippen LogP contribution in [-0.2, 0) is 0 Å². The maximum absolute atomic E-state index is 11.0. The molecule has 0 aliphatic carbocycles. The molecule has 3 aromatic rings. The second-order valence-corrected chi connectivity index (χ2v) is 4.48. The lowest BCUT2D eigenvalue weighted by atomic mass is 10.1. The Morgan fingerprint density at radius 3 is 2.79 bits per heavy atom. The fraction of sp³-hybridized carbons (Fsp3) is 0. The molecule has 0 aliphatic heterocycles. The quantitative estimate of drug-likeness (QED) is 0.751. The number of amides is 1. The summed E-state index contributed by atoms with van der Waals surface area (Å²) in [5.74, 6) is -0.498. The first kappa shape index (κ1) is 11.7. The van der Waals surface area contributed by atoms with Crippen LogP contribution in [0.1, 0.15) is 10.4 Å². The van der Waals surface area contributed by atoms with Gasteiger partial charge in [0, 0.05) is 29.5 Å². The topological polar surface area (TPSA) is 84.7 Å². The summed E-state index contributed by atoms with van der Waals surface area (Å²) in [5.41, 5.74) is 7.89. The van der Waals surface area contributed by atoms with E-state index in [4.69, 9.17) is 17.3 Å². The van der Waals surface area contributed by atoms with Crippen molar-refractivity contribution in [2.24, 2.45) is 5.73 Å². The Morgan fingerprint density at radius 2 is 2.11 bits per heavy atom. The Balaban J connectivity index is 2.13. The largest absolute Gasteiger partial charge is 0.366 e. The first-order valence-corrected chi connectivity index (χ1v) is 5.92. The van der Waals surface area contributed by atoms with Crippen molar-refractivity contribution in [3.63, 3.8) is 0 Å². The van der Waals surface area contributed by atoms with Gasteiger partial charge >= 0.3 is 0 Å². The van der Waals surface area contributed by atoms with Gasteiger partial charge in [0.2, 0.25) is 5.91 Å². The van der Waals surface area contributed by atoms with Crippen LogP contribution in [0.2, 0.25) is 5.02 Å². The van der Waals surface area contributed by atoms with Crippen molar-refractivity contribution < 1.29 is 4.79 Å². The molecule has 1 amide bonds. The van der Waals surface area contributed by atoms with E-state index in [9.17, 15) is 4.79 Å². The van der Waals surface area contributed by atoms with Gasteiger partial charge in [-0.25, -0.2) is 4.98 Å². The third-order valence-electron chi connectivity index (χ3n) is 2.82. The van der Waals surface area contributed by atoms with Crippen molar-refractivity contribution in [3.8, 4) is 11.3 Å². The number of nitrogens with zero attached hydrogens (tertiary/aromatic N) is 2. The summed E-state index contributed by atoms with van der Waals surface area (Å²) in [6.45, 7) is 0. The van der Waals surface area contributed by atoms with E-state index in [-0.39, 0.29) is 0 Å². The number of aromatic nitrogens is 3. The van der Waals surface area contributed by atoms with Gasteiger partial charge < -0.3 is 10.7 Å². The van der Waals surface area contributed by atoms with Crippen LogP contribution in [0.3, 0.4) is 0 Å². The zero-order valence-corrected chi connectivity index (χ0v) is 10.5. The highest BCUT2D eigenvalue weighted by Crippen LogP contribution is 2.27. The molecule has 0 unspecified atom stereocenters. The van der Waals surface area contributed by atoms with E-state index in [0.29, 0.717) is 10.6 Å². The average molecular weight is 273 g/mol. The molecule has 0 spiro atoms. The van der Waals surface area contributed by atoms with Gasteiger partial charge in [-0.05, 0) is 18.2 Å². The molecular formula is C13H9ClN4O. The van der Waals surface area contributed by atoms with Crippen LogP contribution in [0.25, 0.3) is 22.3 Å². The van der Waals surface area contributed by atoms with Crippen molar-refractivity contribution in [3.05, 3.63) is 47.4 Å². The van der Waals surface area contributed by atoms with E-state index >= 15 is 0 Å². The molecule has 94 valence electrons. The molecule has 0 aliphatic rings. The Kier molecular flexibility index (Phi) is 2.68. The van der Waals surface area contributed by atoms with Gasteiger partial charge in [0.25, 0.3) is 0 Å². The van der Waals surface area contributed by atoms with Crippen molar-refractivity contribution >= 4 is 28.5 Å². The number of aromatic amines is 1.